The van der Waals surface area contributed by atoms with E-state index in [4.69, 9.17) is 23.2 Å². The number of benzene rings is 1. The summed E-state index contributed by atoms with van der Waals surface area (Å²) in [4.78, 5) is 4.48. The van der Waals surface area contributed by atoms with Gasteiger partial charge in [-0.1, -0.05) is 35.3 Å². The Labute approximate surface area is 129 Å². The van der Waals surface area contributed by atoms with E-state index >= 15 is 0 Å². The van der Waals surface area contributed by atoms with Gasteiger partial charge in [-0.2, -0.15) is 0 Å². The molecule has 1 unspecified atom stereocenters. The first kappa shape index (κ1) is 14.9. The van der Waals surface area contributed by atoms with E-state index in [-0.39, 0.29) is 6.04 Å². The summed E-state index contributed by atoms with van der Waals surface area (Å²) in [6.45, 7) is 8.41. The van der Waals surface area contributed by atoms with Crippen molar-refractivity contribution in [1.82, 2.24) is 9.55 Å². The van der Waals surface area contributed by atoms with Gasteiger partial charge in [0, 0.05) is 22.8 Å². The van der Waals surface area contributed by atoms with Crippen LogP contribution in [-0.2, 0) is 0 Å². The molecule has 2 aromatic rings. The average Bonchev–Trinajstić information content (AvgIpc) is 2.77. The van der Waals surface area contributed by atoms with Crippen molar-refractivity contribution in [3.63, 3.8) is 0 Å². The van der Waals surface area contributed by atoms with Crippen molar-refractivity contribution in [2.75, 3.05) is 11.9 Å². The van der Waals surface area contributed by atoms with Crippen LogP contribution in [0.4, 0.5) is 5.95 Å². The van der Waals surface area contributed by atoms with E-state index in [9.17, 15) is 0 Å². The molecule has 0 aliphatic rings. The molecule has 20 heavy (non-hydrogen) atoms. The van der Waals surface area contributed by atoms with E-state index in [1.807, 2.05) is 25.3 Å². The lowest BCUT2D eigenvalue weighted by Gasteiger charge is -2.18. The molecule has 0 fully saturated rings. The zero-order valence-corrected chi connectivity index (χ0v) is 13.0. The van der Waals surface area contributed by atoms with Crippen LogP contribution in [0.5, 0.6) is 0 Å². The monoisotopic (exact) mass is 309 g/mol. The molecule has 0 aliphatic heterocycles. The van der Waals surface area contributed by atoms with Crippen LogP contribution < -0.4 is 5.32 Å². The van der Waals surface area contributed by atoms with Gasteiger partial charge in [-0.3, -0.25) is 0 Å². The molecule has 0 saturated carbocycles. The van der Waals surface area contributed by atoms with E-state index in [1.54, 1.807) is 12.1 Å². The smallest absolute Gasteiger partial charge is 0.203 e. The summed E-state index contributed by atoms with van der Waals surface area (Å²) in [5.41, 5.74) is 1.96. The number of aryl methyl sites for hydroxylation is 1. The molecular weight excluding hydrogens is 293 g/mol. The molecule has 1 aromatic heterocycles. The Kier molecular flexibility index (Phi) is 4.73. The molecule has 0 radical (unpaired) electrons. The topological polar surface area (TPSA) is 29.9 Å². The number of aromatic nitrogens is 2. The Morgan fingerprint density at radius 2 is 2.20 bits per heavy atom. The second kappa shape index (κ2) is 6.33. The highest BCUT2D eigenvalue weighted by Crippen LogP contribution is 2.30. The number of nitrogens with zero attached hydrogens (tertiary/aromatic N) is 2. The summed E-state index contributed by atoms with van der Waals surface area (Å²) < 4.78 is 2.06. The van der Waals surface area contributed by atoms with Crippen LogP contribution in [0, 0.1) is 6.92 Å². The first-order valence-corrected chi connectivity index (χ1v) is 7.13. The van der Waals surface area contributed by atoms with E-state index in [0.29, 0.717) is 16.6 Å². The third-order valence-electron chi connectivity index (χ3n) is 3.09. The van der Waals surface area contributed by atoms with Crippen molar-refractivity contribution < 1.29 is 0 Å². The molecule has 0 spiro atoms. The number of rotatable bonds is 5. The van der Waals surface area contributed by atoms with Crippen LogP contribution >= 0.6 is 23.2 Å². The van der Waals surface area contributed by atoms with Gasteiger partial charge in [0.25, 0.3) is 0 Å². The van der Waals surface area contributed by atoms with Crippen LogP contribution in [0.15, 0.2) is 37.1 Å². The fraction of sp³-hybridized carbons (Fsp3) is 0.267. The maximum atomic E-state index is 6.28. The van der Waals surface area contributed by atoms with Gasteiger partial charge in [0.15, 0.2) is 0 Å². The van der Waals surface area contributed by atoms with Gasteiger partial charge in [-0.15, -0.1) is 6.58 Å². The standard InChI is InChI=1S/C15H17Cl2N3/c1-4-7-18-15-19-10(2)9-20(15)11(3)13-6-5-12(16)8-14(13)17/h4-6,8-9,11H,1,7H2,2-3H3,(H,18,19). The number of halogens is 2. The van der Waals surface area contributed by atoms with Gasteiger partial charge in [0.1, 0.15) is 0 Å². The first-order valence-electron chi connectivity index (χ1n) is 6.38. The number of imidazole rings is 1. The third-order valence-corrected chi connectivity index (χ3v) is 3.65. The minimum atomic E-state index is 0.0632. The predicted octanol–water partition coefficient (Wildman–Crippen LogP) is 4.71. The highest BCUT2D eigenvalue weighted by Gasteiger charge is 2.16. The van der Waals surface area contributed by atoms with Gasteiger partial charge in [-0.25, -0.2) is 4.98 Å². The molecule has 1 N–H and O–H groups in total. The Bertz CT molecular complexity index is 620. The van der Waals surface area contributed by atoms with Crippen LogP contribution in [0.3, 0.4) is 0 Å². The summed E-state index contributed by atoms with van der Waals surface area (Å²) in [5.74, 6) is 0.806. The van der Waals surface area contributed by atoms with Gasteiger partial charge >= 0.3 is 0 Å². The molecule has 0 amide bonds. The molecule has 0 bridgehead atoms. The van der Waals surface area contributed by atoms with Gasteiger partial charge < -0.3 is 9.88 Å². The Balaban J connectivity index is 2.37. The summed E-state index contributed by atoms with van der Waals surface area (Å²) in [7, 11) is 0. The van der Waals surface area contributed by atoms with Gasteiger partial charge in [0.05, 0.1) is 11.7 Å². The van der Waals surface area contributed by atoms with E-state index in [2.05, 4.69) is 28.4 Å². The third kappa shape index (κ3) is 3.17. The molecule has 106 valence electrons. The highest BCUT2D eigenvalue weighted by atomic mass is 35.5. The van der Waals surface area contributed by atoms with Gasteiger partial charge in [0.2, 0.25) is 5.95 Å². The SMILES string of the molecule is C=CCNc1nc(C)cn1C(C)c1ccc(Cl)cc1Cl. The minimum absolute atomic E-state index is 0.0632. The fourth-order valence-electron chi connectivity index (χ4n) is 2.10. The maximum Gasteiger partial charge on any atom is 0.203 e. The lowest BCUT2D eigenvalue weighted by atomic mass is 10.1. The fourth-order valence-corrected chi connectivity index (χ4v) is 2.66. The molecule has 0 saturated heterocycles. The second-order valence-corrected chi connectivity index (χ2v) is 5.47. The lowest BCUT2D eigenvalue weighted by Crippen LogP contribution is -2.12. The first-order chi connectivity index (χ1) is 9.52. The Hall–Kier alpha value is -1.45. The summed E-state index contributed by atoms with van der Waals surface area (Å²) >= 11 is 12.2. The molecule has 1 atom stereocenters. The van der Waals surface area contributed by atoms with Crippen molar-refractivity contribution in [1.29, 1.82) is 0 Å². The van der Waals surface area contributed by atoms with Gasteiger partial charge in [-0.05, 0) is 31.5 Å². The normalized spacial score (nSPS) is 12.2. The van der Waals surface area contributed by atoms with Crippen LogP contribution in [-0.4, -0.2) is 16.1 Å². The zero-order chi connectivity index (χ0) is 14.7. The van der Waals surface area contributed by atoms with Crippen LogP contribution in [0.25, 0.3) is 0 Å². The number of hydrogen-bond donors (Lipinski definition) is 1. The Morgan fingerprint density at radius 3 is 2.85 bits per heavy atom. The number of nitrogens with one attached hydrogen (secondary N) is 1. The van der Waals surface area contributed by atoms with Crippen molar-refractivity contribution in [2.45, 2.75) is 19.9 Å². The van der Waals surface area contributed by atoms with Crippen molar-refractivity contribution >= 4 is 29.2 Å². The van der Waals surface area contributed by atoms with Crippen LogP contribution in [0.1, 0.15) is 24.2 Å². The minimum Gasteiger partial charge on any atom is -0.352 e. The van der Waals surface area contributed by atoms with Crippen molar-refractivity contribution in [3.8, 4) is 0 Å². The molecule has 5 heteroatoms. The quantitative estimate of drug-likeness (QED) is 0.811. The summed E-state index contributed by atoms with van der Waals surface area (Å²) in [6, 6.07) is 5.62. The zero-order valence-electron chi connectivity index (χ0n) is 11.5. The lowest BCUT2D eigenvalue weighted by molar-refractivity contribution is 0.644. The molecule has 2 rings (SSSR count). The molecule has 1 aromatic carbocycles. The second-order valence-electron chi connectivity index (χ2n) is 4.62. The maximum absolute atomic E-state index is 6.28. The summed E-state index contributed by atoms with van der Waals surface area (Å²) in [6.07, 6.45) is 3.80. The van der Waals surface area contributed by atoms with Crippen molar-refractivity contribution in [3.05, 3.63) is 58.4 Å². The molecule has 3 nitrogen and oxygen atoms in total. The largest absolute Gasteiger partial charge is 0.352 e. The van der Waals surface area contributed by atoms with Crippen LogP contribution in [0.2, 0.25) is 10.0 Å². The average molecular weight is 310 g/mol. The van der Waals surface area contributed by atoms with Crippen molar-refractivity contribution in [2.24, 2.45) is 0 Å². The molecule has 1 heterocycles. The highest BCUT2D eigenvalue weighted by molar-refractivity contribution is 6.35. The van der Waals surface area contributed by atoms with E-state index in [0.717, 1.165) is 17.2 Å². The summed E-state index contributed by atoms with van der Waals surface area (Å²) in [5, 5.41) is 4.53. The molecular formula is C15H17Cl2N3. The Morgan fingerprint density at radius 1 is 1.45 bits per heavy atom. The number of hydrogen-bond acceptors (Lipinski definition) is 2. The number of anilines is 1. The van der Waals surface area contributed by atoms with E-state index in [1.165, 1.54) is 0 Å². The molecule has 0 aliphatic carbocycles. The predicted molar refractivity (Wildman–Crippen MR) is 85.9 cm³/mol. The van der Waals surface area contributed by atoms with E-state index < -0.39 is 0 Å².